The maximum absolute atomic E-state index is 12.8. The third-order valence-electron chi connectivity index (χ3n) is 7.13. The number of piperidine rings is 1. The maximum atomic E-state index is 12.8. The number of fused-ring (bicyclic) bond motifs is 2. The topological polar surface area (TPSA) is 61.4 Å². The third kappa shape index (κ3) is 3.71. The van der Waals surface area contributed by atoms with Crippen molar-refractivity contribution in [2.45, 2.75) is 88.1 Å². The van der Waals surface area contributed by atoms with Gasteiger partial charge in [0.15, 0.2) is 0 Å². The van der Waals surface area contributed by atoms with E-state index < -0.39 is 0 Å². The second-order valence-electron chi connectivity index (χ2n) is 8.74. The lowest BCUT2D eigenvalue weighted by molar-refractivity contribution is -0.139. The second-order valence-corrected chi connectivity index (χ2v) is 10.0. The zero-order valence-electron chi connectivity index (χ0n) is 15.9. The summed E-state index contributed by atoms with van der Waals surface area (Å²) in [5.41, 5.74) is 0. The molecule has 6 heteroatoms. The summed E-state index contributed by atoms with van der Waals surface area (Å²) in [6.07, 6.45) is 10.2. The van der Waals surface area contributed by atoms with Crippen LogP contribution in [0.4, 0.5) is 4.79 Å². The Balaban J connectivity index is 1.21. The Hall–Kier alpha value is -0.910. The Kier molecular flexibility index (Phi) is 5.67. The van der Waals surface area contributed by atoms with Crippen molar-refractivity contribution >= 4 is 23.7 Å². The van der Waals surface area contributed by atoms with Gasteiger partial charge in [-0.05, 0) is 43.9 Å². The molecule has 2 N–H and O–H groups in total. The Labute approximate surface area is 161 Å². The lowest BCUT2D eigenvalue weighted by Crippen LogP contribution is -2.52. The van der Waals surface area contributed by atoms with Crippen LogP contribution in [0.5, 0.6) is 0 Å². The minimum Gasteiger partial charge on any atom is -0.339 e. The van der Waals surface area contributed by atoms with Crippen molar-refractivity contribution in [2.24, 2.45) is 11.8 Å². The van der Waals surface area contributed by atoms with Crippen LogP contribution in [0.3, 0.4) is 0 Å². The van der Waals surface area contributed by atoms with E-state index in [-0.39, 0.29) is 12.1 Å². The summed E-state index contributed by atoms with van der Waals surface area (Å²) < 4.78 is 0. The molecule has 0 radical (unpaired) electrons. The first kappa shape index (κ1) is 18.5. The number of rotatable bonds is 5. The fourth-order valence-electron chi connectivity index (χ4n) is 5.63. The molecule has 0 aromatic rings. The Bertz CT molecular complexity index is 543. The van der Waals surface area contributed by atoms with Gasteiger partial charge in [0.1, 0.15) is 0 Å². The lowest BCUT2D eigenvalue weighted by Gasteiger charge is -2.47. The van der Waals surface area contributed by atoms with E-state index in [9.17, 15) is 9.59 Å². The molecule has 0 aromatic carbocycles. The van der Waals surface area contributed by atoms with E-state index in [0.29, 0.717) is 29.7 Å². The molecule has 0 bridgehead atoms. The number of amides is 3. The van der Waals surface area contributed by atoms with Crippen LogP contribution in [0.15, 0.2) is 0 Å². The number of unbranched alkanes of at least 4 members (excludes halogenated alkanes) is 1. The first-order chi connectivity index (χ1) is 12.6. The number of carbonyl (C=O) groups is 2. The molecule has 4 rings (SSSR count). The van der Waals surface area contributed by atoms with Gasteiger partial charge in [0.05, 0.1) is 12.1 Å². The summed E-state index contributed by atoms with van der Waals surface area (Å²) in [4.78, 5) is 26.5. The van der Waals surface area contributed by atoms with Crippen LogP contribution in [0.2, 0.25) is 0 Å². The van der Waals surface area contributed by atoms with Gasteiger partial charge in [0, 0.05) is 30.0 Å². The van der Waals surface area contributed by atoms with Crippen LogP contribution in [0.1, 0.15) is 64.7 Å². The number of likely N-dealkylation sites (tertiary alicyclic amines) is 1. The quantitative estimate of drug-likeness (QED) is 0.570. The van der Waals surface area contributed by atoms with E-state index in [1.807, 2.05) is 11.8 Å². The first-order valence-corrected chi connectivity index (χ1v) is 11.7. The average molecular weight is 380 g/mol. The van der Waals surface area contributed by atoms with Crippen molar-refractivity contribution in [2.75, 3.05) is 12.3 Å². The van der Waals surface area contributed by atoms with Crippen molar-refractivity contribution < 1.29 is 9.59 Å². The number of thioether (sulfide) groups is 1. The Morgan fingerprint density at radius 2 is 2.04 bits per heavy atom. The standard InChI is InChI=1S/C20H33N3O2S/c1-13-10-11-23(16-7-3-2-6-14(13)16)18(24)9-5-4-8-17-19-15(12-26-17)21-20(25)22-19/h13-17,19H,2-12H2,1H3,(H2,21,22,25)/t13-,14-,15+,16-,17+,19+/m1/s1. The molecular formula is C20H33N3O2S. The maximum Gasteiger partial charge on any atom is 0.315 e. The van der Waals surface area contributed by atoms with Gasteiger partial charge in [-0.2, -0.15) is 11.8 Å². The highest BCUT2D eigenvalue weighted by molar-refractivity contribution is 8.00. The number of nitrogens with zero attached hydrogens (tertiary/aromatic N) is 1. The predicted molar refractivity (Wildman–Crippen MR) is 105 cm³/mol. The molecule has 1 aliphatic carbocycles. The molecule has 146 valence electrons. The second kappa shape index (κ2) is 7.99. The van der Waals surface area contributed by atoms with Crippen LogP contribution >= 0.6 is 11.8 Å². The normalized spacial score (nSPS) is 39.1. The molecule has 0 spiro atoms. The summed E-state index contributed by atoms with van der Waals surface area (Å²) in [5.74, 6) is 2.93. The molecule has 4 fully saturated rings. The molecule has 5 nitrogen and oxygen atoms in total. The highest BCUT2D eigenvalue weighted by atomic mass is 32.2. The summed E-state index contributed by atoms with van der Waals surface area (Å²) in [7, 11) is 0. The molecular weight excluding hydrogens is 346 g/mol. The molecule has 26 heavy (non-hydrogen) atoms. The number of nitrogens with one attached hydrogen (secondary N) is 2. The third-order valence-corrected chi connectivity index (χ3v) is 8.63. The molecule has 3 heterocycles. The number of carbonyl (C=O) groups excluding carboxylic acids is 2. The molecule has 0 aromatic heterocycles. The van der Waals surface area contributed by atoms with Crippen LogP contribution in [-0.4, -0.2) is 52.5 Å². The van der Waals surface area contributed by atoms with Gasteiger partial charge in [-0.1, -0.05) is 26.2 Å². The van der Waals surface area contributed by atoms with Crippen molar-refractivity contribution in [3.63, 3.8) is 0 Å². The highest BCUT2D eigenvalue weighted by Gasteiger charge is 2.42. The van der Waals surface area contributed by atoms with Crippen molar-refractivity contribution in [3.05, 3.63) is 0 Å². The van der Waals surface area contributed by atoms with E-state index in [2.05, 4.69) is 22.5 Å². The van der Waals surface area contributed by atoms with E-state index in [1.165, 1.54) is 32.1 Å². The zero-order chi connectivity index (χ0) is 18.1. The summed E-state index contributed by atoms with van der Waals surface area (Å²) in [6, 6.07) is 1.10. The van der Waals surface area contributed by atoms with Gasteiger partial charge in [-0.3, -0.25) is 4.79 Å². The smallest absolute Gasteiger partial charge is 0.315 e. The van der Waals surface area contributed by atoms with Crippen molar-refractivity contribution in [3.8, 4) is 0 Å². The summed E-state index contributed by atoms with van der Waals surface area (Å²) in [5, 5.41) is 6.56. The van der Waals surface area contributed by atoms with Crippen LogP contribution < -0.4 is 10.6 Å². The fourth-order valence-corrected chi connectivity index (χ4v) is 7.17. The van der Waals surface area contributed by atoms with Gasteiger partial charge >= 0.3 is 6.03 Å². The fraction of sp³-hybridized carbons (Fsp3) is 0.900. The van der Waals surface area contributed by atoms with Gasteiger partial charge in [-0.25, -0.2) is 4.79 Å². The summed E-state index contributed by atoms with van der Waals surface area (Å²) >= 11 is 1.97. The zero-order valence-corrected chi connectivity index (χ0v) is 16.7. The largest absolute Gasteiger partial charge is 0.339 e. The first-order valence-electron chi connectivity index (χ1n) is 10.6. The highest BCUT2D eigenvalue weighted by Crippen LogP contribution is 2.39. The van der Waals surface area contributed by atoms with Crippen LogP contribution in [0, 0.1) is 11.8 Å². The molecule has 6 atom stereocenters. The van der Waals surface area contributed by atoms with E-state index in [0.717, 1.165) is 43.4 Å². The van der Waals surface area contributed by atoms with Crippen LogP contribution in [0.25, 0.3) is 0 Å². The molecule has 3 aliphatic heterocycles. The van der Waals surface area contributed by atoms with E-state index in [4.69, 9.17) is 0 Å². The van der Waals surface area contributed by atoms with Gasteiger partial charge in [0.2, 0.25) is 5.91 Å². The van der Waals surface area contributed by atoms with Crippen LogP contribution in [-0.2, 0) is 4.79 Å². The SMILES string of the molecule is C[C@@H]1CCN(C(=O)CCCC[C@@H]2SC[C@@H]3NC(=O)N[C@@H]32)[C@@H]2CCCC[C@H]12. The molecule has 4 aliphatic rings. The molecule has 3 amide bonds. The van der Waals surface area contributed by atoms with E-state index >= 15 is 0 Å². The lowest BCUT2D eigenvalue weighted by atomic mass is 9.72. The van der Waals surface area contributed by atoms with Gasteiger partial charge < -0.3 is 15.5 Å². The minimum absolute atomic E-state index is 0.0122. The molecule has 1 saturated carbocycles. The number of urea groups is 1. The monoisotopic (exact) mass is 379 g/mol. The predicted octanol–water partition coefficient (Wildman–Crippen LogP) is 3.14. The number of hydrogen-bond donors (Lipinski definition) is 2. The van der Waals surface area contributed by atoms with Crippen molar-refractivity contribution in [1.29, 1.82) is 0 Å². The van der Waals surface area contributed by atoms with Gasteiger partial charge in [0.25, 0.3) is 0 Å². The minimum atomic E-state index is -0.0122. The van der Waals surface area contributed by atoms with Gasteiger partial charge in [-0.15, -0.1) is 0 Å². The Morgan fingerprint density at radius 1 is 1.19 bits per heavy atom. The van der Waals surface area contributed by atoms with E-state index in [1.54, 1.807) is 0 Å². The molecule has 3 saturated heterocycles. The average Bonchev–Trinajstić information content (AvgIpc) is 3.18. The molecule has 0 unspecified atom stereocenters. The summed E-state index contributed by atoms with van der Waals surface area (Å²) in [6.45, 7) is 3.36. The Morgan fingerprint density at radius 3 is 2.92 bits per heavy atom. The van der Waals surface area contributed by atoms with Crippen molar-refractivity contribution in [1.82, 2.24) is 15.5 Å². The number of hydrogen-bond acceptors (Lipinski definition) is 3.